The molecule has 5 nitrogen and oxygen atoms in total. The fourth-order valence-corrected chi connectivity index (χ4v) is 4.97. The van der Waals surface area contributed by atoms with Crippen LogP contribution >= 0.6 is 0 Å². The Morgan fingerprint density at radius 1 is 1.00 bits per heavy atom. The molecule has 3 aliphatic rings. The van der Waals surface area contributed by atoms with Gasteiger partial charge in [-0.3, -0.25) is 9.59 Å². The number of fused-ring (bicyclic) bond motifs is 1. The zero-order chi connectivity index (χ0) is 21.4. The zero-order valence-corrected chi connectivity index (χ0v) is 17.6. The molecule has 3 fully saturated rings. The summed E-state index contributed by atoms with van der Waals surface area (Å²) in [6.07, 6.45) is 6.99. The highest BCUT2D eigenvalue weighted by molar-refractivity contribution is 5.88. The number of aliphatic hydroxyl groups is 1. The minimum absolute atomic E-state index is 0.0434. The largest absolute Gasteiger partial charge is 0.394 e. The van der Waals surface area contributed by atoms with Crippen molar-refractivity contribution in [3.63, 3.8) is 0 Å². The minimum atomic E-state index is -0.205. The number of benzene rings is 2. The molecule has 5 heteroatoms. The highest BCUT2D eigenvalue weighted by Crippen LogP contribution is 2.43. The molecule has 0 spiro atoms. The van der Waals surface area contributed by atoms with Crippen LogP contribution in [0.25, 0.3) is 12.2 Å². The third-order valence-electron chi connectivity index (χ3n) is 6.85. The second kappa shape index (κ2) is 8.31. The summed E-state index contributed by atoms with van der Waals surface area (Å²) in [7, 11) is 0. The molecule has 2 aliphatic heterocycles. The molecule has 1 saturated carbocycles. The van der Waals surface area contributed by atoms with Crippen molar-refractivity contribution in [2.24, 2.45) is 5.92 Å². The van der Waals surface area contributed by atoms with Crippen molar-refractivity contribution in [3.8, 4) is 0 Å². The number of amides is 2. The summed E-state index contributed by atoms with van der Waals surface area (Å²) in [5.41, 5.74) is 3.37. The van der Waals surface area contributed by atoms with Crippen LogP contribution in [0.3, 0.4) is 0 Å². The second-order valence-electron chi connectivity index (χ2n) is 8.98. The number of piperazine rings is 1. The number of nitrogens with zero attached hydrogens (tertiary/aromatic N) is 2. The van der Waals surface area contributed by atoms with Crippen molar-refractivity contribution < 1.29 is 14.7 Å². The average Bonchev–Trinajstić information content (AvgIpc) is 3.59. The molecule has 2 aromatic rings. The molecule has 0 radical (unpaired) electrons. The lowest BCUT2D eigenvalue weighted by Gasteiger charge is -2.58. The molecule has 2 saturated heterocycles. The van der Waals surface area contributed by atoms with Crippen LogP contribution in [0.2, 0.25) is 0 Å². The molecular weight excluding hydrogens is 388 g/mol. The van der Waals surface area contributed by atoms with E-state index < -0.39 is 0 Å². The Hall–Kier alpha value is -2.92. The van der Waals surface area contributed by atoms with Gasteiger partial charge in [-0.2, -0.15) is 0 Å². The number of hydrogen-bond acceptors (Lipinski definition) is 3. The minimum Gasteiger partial charge on any atom is -0.394 e. The molecule has 5 rings (SSSR count). The van der Waals surface area contributed by atoms with Gasteiger partial charge >= 0.3 is 0 Å². The van der Waals surface area contributed by atoms with Crippen LogP contribution in [-0.4, -0.2) is 58.5 Å². The summed E-state index contributed by atoms with van der Waals surface area (Å²) in [6.45, 7) is 0.654. The van der Waals surface area contributed by atoms with E-state index in [1.165, 1.54) is 0 Å². The van der Waals surface area contributed by atoms with Gasteiger partial charge in [0.25, 0.3) is 0 Å². The van der Waals surface area contributed by atoms with Crippen LogP contribution in [0.15, 0.2) is 54.6 Å². The maximum Gasteiger partial charge on any atom is 0.242 e. The third-order valence-corrected chi connectivity index (χ3v) is 6.85. The Labute approximate surface area is 183 Å². The lowest BCUT2D eigenvalue weighted by molar-refractivity contribution is -0.167. The van der Waals surface area contributed by atoms with E-state index in [1.807, 2.05) is 18.2 Å². The van der Waals surface area contributed by atoms with Gasteiger partial charge in [-0.05, 0) is 35.4 Å². The smallest absolute Gasteiger partial charge is 0.242 e. The van der Waals surface area contributed by atoms with Crippen molar-refractivity contribution in [1.82, 2.24) is 9.80 Å². The summed E-state index contributed by atoms with van der Waals surface area (Å²) in [6, 6.07) is 18.2. The van der Waals surface area contributed by atoms with Crippen LogP contribution in [0.4, 0.5) is 0 Å². The Kier molecular flexibility index (Phi) is 5.36. The predicted octanol–water partition coefficient (Wildman–Crippen LogP) is 3.15. The van der Waals surface area contributed by atoms with Gasteiger partial charge in [-0.15, -0.1) is 0 Å². The number of carbonyl (C=O) groups is 2. The Bertz CT molecular complexity index is 981. The van der Waals surface area contributed by atoms with E-state index in [2.05, 4.69) is 48.6 Å². The molecule has 2 aromatic carbocycles. The fourth-order valence-electron chi connectivity index (χ4n) is 4.97. The van der Waals surface area contributed by atoms with Crippen molar-refractivity contribution in [2.75, 3.05) is 19.7 Å². The van der Waals surface area contributed by atoms with Crippen LogP contribution in [0.5, 0.6) is 0 Å². The van der Waals surface area contributed by atoms with Gasteiger partial charge in [0.05, 0.1) is 25.2 Å². The van der Waals surface area contributed by atoms with Crippen molar-refractivity contribution in [3.05, 3.63) is 71.3 Å². The molecule has 1 aliphatic carbocycles. The number of carbonyl (C=O) groups excluding carboxylic acids is 2. The lowest BCUT2D eigenvalue weighted by Crippen LogP contribution is -2.73. The van der Waals surface area contributed by atoms with E-state index in [1.54, 1.807) is 9.80 Å². The van der Waals surface area contributed by atoms with E-state index >= 15 is 0 Å². The number of rotatable bonds is 6. The first kappa shape index (κ1) is 20.0. The molecule has 0 aromatic heterocycles. The number of hydrogen-bond donors (Lipinski definition) is 1. The lowest BCUT2D eigenvalue weighted by atomic mass is 9.73. The van der Waals surface area contributed by atoms with Crippen LogP contribution < -0.4 is 0 Å². The standard InChI is InChI=1S/C26H28N2O3/c29-17-23-26(21-12-10-19(11-13-21)7-6-18-4-2-1-3-5-18)22-15-27(16-25(31)28(22)23)24(30)14-20-8-9-20/h1-7,10-13,20,22-23,26,29H,8-9,14-17H2/b7-6+/t22-,23-,26+/m0/s1. The maximum absolute atomic E-state index is 12.7. The van der Waals surface area contributed by atoms with Gasteiger partial charge in [0.2, 0.25) is 11.8 Å². The van der Waals surface area contributed by atoms with E-state index in [9.17, 15) is 14.7 Å². The van der Waals surface area contributed by atoms with Gasteiger partial charge in [0.15, 0.2) is 0 Å². The number of aliphatic hydroxyl groups excluding tert-OH is 1. The van der Waals surface area contributed by atoms with Gasteiger partial charge in [0.1, 0.15) is 0 Å². The monoisotopic (exact) mass is 416 g/mol. The van der Waals surface area contributed by atoms with E-state index in [4.69, 9.17) is 0 Å². The summed E-state index contributed by atoms with van der Waals surface area (Å²) in [5, 5.41) is 9.96. The molecule has 1 N–H and O–H groups in total. The van der Waals surface area contributed by atoms with Crippen molar-refractivity contribution >= 4 is 24.0 Å². The zero-order valence-electron chi connectivity index (χ0n) is 17.6. The van der Waals surface area contributed by atoms with Crippen LogP contribution in [0.1, 0.15) is 41.9 Å². The first-order valence-corrected chi connectivity index (χ1v) is 11.2. The molecule has 31 heavy (non-hydrogen) atoms. The Balaban J connectivity index is 1.30. The first-order chi connectivity index (χ1) is 15.1. The van der Waals surface area contributed by atoms with Gasteiger partial charge in [-0.1, -0.05) is 66.7 Å². The van der Waals surface area contributed by atoms with Gasteiger partial charge in [0, 0.05) is 18.9 Å². The molecule has 0 bridgehead atoms. The Morgan fingerprint density at radius 3 is 2.32 bits per heavy atom. The van der Waals surface area contributed by atoms with Gasteiger partial charge < -0.3 is 14.9 Å². The van der Waals surface area contributed by atoms with Gasteiger partial charge in [-0.25, -0.2) is 0 Å². The van der Waals surface area contributed by atoms with E-state index in [-0.39, 0.29) is 43.0 Å². The summed E-state index contributed by atoms with van der Waals surface area (Å²) in [4.78, 5) is 28.8. The molecular formula is C26H28N2O3. The molecule has 2 amide bonds. The fraction of sp³-hybridized carbons (Fsp3) is 0.385. The Morgan fingerprint density at radius 2 is 1.68 bits per heavy atom. The predicted molar refractivity (Wildman–Crippen MR) is 120 cm³/mol. The summed E-state index contributed by atoms with van der Waals surface area (Å²) < 4.78 is 0. The second-order valence-corrected chi connectivity index (χ2v) is 8.98. The first-order valence-electron chi connectivity index (χ1n) is 11.2. The van der Waals surface area contributed by atoms with E-state index in [0.717, 1.165) is 29.5 Å². The average molecular weight is 417 g/mol. The SMILES string of the molecule is O=C(CC1CC1)N1CC(=O)N2[C@@H](CO)[C@H](c3ccc(/C=C/c4ccccc4)cc3)[C@@H]2C1. The highest BCUT2D eigenvalue weighted by Gasteiger charge is 2.54. The van der Waals surface area contributed by atoms with Crippen LogP contribution in [-0.2, 0) is 9.59 Å². The summed E-state index contributed by atoms with van der Waals surface area (Å²) in [5.74, 6) is 0.623. The van der Waals surface area contributed by atoms with E-state index in [0.29, 0.717) is 18.9 Å². The molecule has 3 atom stereocenters. The van der Waals surface area contributed by atoms with Crippen molar-refractivity contribution in [1.29, 1.82) is 0 Å². The maximum atomic E-state index is 12.7. The quantitative estimate of drug-likeness (QED) is 0.736. The molecule has 2 heterocycles. The third kappa shape index (κ3) is 4.02. The topological polar surface area (TPSA) is 60.9 Å². The summed E-state index contributed by atoms with van der Waals surface area (Å²) >= 11 is 0. The molecule has 0 unspecified atom stereocenters. The molecule has 160 valence electrons. The van der Waals surface area contributed by atoms with Crippen LogP contribution in [0, 0.1) is 5.92 Å². The van der Waals surface area contributed by atoms with Crippen molar-refractivity contribution in [2.45, 2.75) is 37.3 Å². The highest BCUT2D eigenvalue weighted by atomic mass is 16.3. The normalized spacial score (nSPS) is 25.5.